The summed E-state index contributed by atoms with van der Waals surface area (Å²) in [6, 6.07) is 2.10. The van der Waals surface area contributed by atoms with E-state index >= 15 is 0 Å². The van der Waals surface area contributed by atoms with Crippen molar-refractivity contribution in [3.8, 4) is 5.75 Å². The fourth-order valence-electron chi connectivity index (χ4n) is 2.17. The molecular formula is C14H22N2O2. The van der Waals surface area contributed by atoms with E-state index in [0.717, 1.165) is 23.3 Å². The highest BCUT2D eigenvalue weighted by molar-refractivity contribution is 5.75. The Kier molecular flexibility index (Phi) is 5.16. The molecule has 1 amide bonds. The van der Waals surface area contributed by atoms with Gasteiger partial charge in [-0.25, -0.2) is 5.43 Å². The molecule has 0 bridgehead atoms. The maximum Gasteiger partial charge on any atom is 0.234 e. The summed E-state index contributed by atoms with van der Waals surface area (Å²) >= 11 is 0. The second kappa shape index (κ2) is 6.40. The number of hydrogen-bond acceptors (Lipinski definition) is 3. The zero-order valence-corrected chi connectivity index (χ0v) is 11.8. The summed E-state index contributed by atoms with van der Waals surface area (Å²) in [5.41, 5.74) is 9.89. The number of hydrogen-bond donors (Lipinski definition) is 2. The first-order chi connectivity index (χ1) is 8.51. The Morgan fingerprint density at radius 3 is 2.50 bits per heavy atom. The van der Waals surface area contributed by atoms with E-state index in [-0.39, 0.29) is 5.91 Å². The van der Waals surface area contributed by atoms with Gasteiger partial charge in [-0.1, -0.05) is 6.07 Å². The summed E-state index contributed by atoms with van der Waals surface area (Å²) < 4.78 is 5.39. The van der Waals surface area contributed by atoms with Crippen LogP contribution in [0.1, 0.15) is 28.7 Å². The van der Waals surface area contributed by atoms with E-state index in [1.54, 1.807) is 14.2 Å². The van der Waals surface area contributed by atoms with Crippen molar-refractivity contribution in [3.05, 3.63) is 28.3 Å². The first-order valence-electron chi connectivity index (χ1n) is 6.10. The molecule has 4 nitrogen and oxygen atoms in total. The molecule has 100 valence electrons. The predicted molar refractivity (Wildman–Crippen MR) is 72.7 cm³/mol. The van der Waals surface area contributed by atoms with E-state index in [1.807, 2.05) is 6.92 Å². The number of benzene rings is 1. The molecule has 0 spiro atoms. The van der Waals surface area contributed by atoms with Gasteiger partial charge in [0.2, 0.25) is 5.91 Å². The highest BCUT2D eigenvalue weighted by Gasteiger charge is 2.11. The molecule has 0 atom stereocenters. The maximum absolute atomic E-state index is 11.4. The molecule has 0 unspecified atom stereocenters. The van der Waals surface area contributed by atoms with Crippen LogP contribution in [0.4, 0.5) is 0 Å². The molecule has 0 aromatic heterocycles. The molecule has 1 aromatic carbocycles. The van der Waals surface area contributed by atoms with Crippen LogP contribution < -0.4 is 15.6 Å². The van der Waals surface area contributed by atoms with Crippen LogP contribution in [-0.2, 0) is 11.2 Å². The highest BCUT2D eigenvalue weighted by Crippen LogP contribution is 2.29. The number of rotatable bonds is 5. The zero-order valence-electron chi connectivity index (χ0n) is 11.8. The van der Waals surface area contributed by atoms with E-state index in [0.29, 0.717) is 6.42 Å². The summed E-state index contributed by atoms with van der Waals surface area (Å²) in [5.74, 6) is 0.943. The van der Waals surface area contributed by atoms with E-state index in [1.165, 1.54) is 11.1 Å². The molecule has 1 aromatic rings. The number of carbonyl (C=O) groups excluding carboxylic acids is 1. The molecule has 0 fully saturated rings. The van der Waals surface area contributed by atoms with Crippen LogP contribution in [0.2, 0.25) is 0 Å². The summed E-state index contributed by atoms with van der Waals surface area (Å²) in [7, 11) is 3.37. The van der Waals surface area contributed by atoms with Crippen LogP contribution in [0.15, 0.2) is 6.07 Å². The van der Waals surface area contributed by atoms with Gasteiger partial charge in [0.1, 0.15) is 5.75 Å². The van der Waals surface area contributed by atoms with E-state index in [4.69, 9.17) is 4.74 Å². The summed E-state index contributed by atoms with van der Waals surface area (Å²) in [5, 5.41) is 0. The van der Waals surface area contributed by atoms with Crippen LogP contribution >= 0.6 is 0 Å². The molecule has 4 heteroatoms. The van der Waals surface area contributed by atoms with Crippen molar-refractivity contribution in [2.24, 2.45) is 0 Å². The smallest absolute Gasteiger partial charge is 0.234 e. The van der Waals surface area contributed by atoms with Gasteiger partial charge in [0.05, 0.1) is 7.11 Å². The fraction of sp³-hybridized carbons (Fsp3) is 0.500. The number of aryl methyl sites for hydroxylation is 2. The Morgan fingerprint density at radius 1 is 1.28 bits per heavy atom. The quantitative estimate of drug-likeness (QED) is 0.784. The Labute approximate surface area is 109 Å². The zero-order chi connectivity index (χ0) is 13.7. The molecular weight excluding hydrogens is 228 g/mol. The molecule has 1 rings (SSSR count). The van der Waals surface area contributed by atoms with Gasteiger partial charge in [-0.15, -0.1) is 0 Å². The lowest BCUT2D eigenvalue weighted by molar-refractivity contribution is -0.121. The largest absolute Gasteiger partial charge is 0.496 e. The van der Waals surface area contributed by atoms with Crippen molar-refractivity contribution >= 4 is 5.91 Å². The maximum atomic E-state index is 11.4. The van der Waals surface area contributed by atoms with Gasteiger partial charge in [-0.3, -0.25) is 10.2 Å². The minimum absolute atomic E-state index is 0.00280. The first kappa shape index (κ1) is 14.5. The molecule has 0 aliphatic rings. The Morgan fingerprint density at radius 2 is 1.94 bits per heavy atom. The van der Waals surface area contributed by atoms with Crippen molar-refractivity contribution in [1.82, 2.24) is 10.9 Å². The molecule has 2 N–H and O–H groups in total. The average Bonchev–Trinajstić information content (AvgIpc) is 2.33. The van der Waals surface area contributed by atoms with Crippen molar-refractivity contribution < 1.29 is 9.53 Å². The third-order valence-electron chi connectivity index (χ3n) is 3.22. The van der Waals surface area contributed by atoms with E-state index in [9.17, 15) is 4.79 Å². The van der Waals surface area contributed by atoms with Crippen LogP contribution in [0.5, 0.6) is 5.75 Å². The van der Waals surface area contributed by atoms with Crippen molar-refractivity contribution in [1.29, 1.82) is 0 Å². The monoisotopic (exact) mass is 250 g/mol. The van der Waals surface area contributed by atoms with E-state index < -0.39 is 0 Å². The number of methoxy groups -OCH3 is 1. The molecule has 0 heterocycles. The number of ether oxygens (including phenoxy) is 1. The Bertz CT molecular complexity index is 442. The summed E-state index contributed by atoms with van der Waals surface area (Å²) in [6.45, 7) is 6.16. The van der Waals surface area contributed by atoms with E-state index in [2.05, 4.69) is 30.8 Å². The number of carbonyl (C=O) groups is 1. The second-order valence-electron chi connectivity index (χ2n) is 4.43. The van der Waals surface area contributed by atoms with Gasteiger partial charge in [0.25, 0.3) is 0 Å². The van der Waals surface area contributed by atoms with Gasteiger partial charge in [-0.2, -0.15) is 0 Å². The van der Waals surface area contributed by atoms with Crippen LogP contribution in [-0.4, -0.2) is 20.1 Å². The predicted octanol–water partition coefficient (Wildman–Crippen LogP) is 1.80. The first-order valence-corrected chi connectivity index (χ1v) is 6.10. The molecule has 0 radical (unpaired) electrons. The lowest BCUT2D eigenvalue weighted by Crippen LogP contribution is -2.34. The second-order valence-corrected chi connectivity index (χ2v) is 4.43. The normalized spacial score (nSPS) is 10.3. The lowest BCUT2D eigenvalue weighted by atomic mass is 9.95. The molecule has 0 saturated carbocycles. The molecule has 0 saturated heterocycles. The van der Waals surface area contributed by atoms with Crippen molar-refractivity contribution in [3.63, 3.8) is 0 Å². The van der Waals surface area contributed by atoms with Gasteiger partial charge < -0.3 is 4.74 Å². The Balaban J connectivity index is 2.88. The highest BCUT2D eigenvalue weighted by atomic mass is 16.5. The van der Waals surface area contributed by atoms with Crippen LogP contribution in [0.3, 0.4) is 0 Å². The molecule has 18 heavy (non-hydrogen) atoms. The Hall–Kier alpha value is -1.55. The minimum atomic E-state index is 0.00280. The molecule has 0 aliphatic carbocycles. The van der Waals surface area contributed by atoms with Gasteiger partial charge in [0.15, 0.2) is 0 Å². The van der Waals surface area contributed by atoms with Gasteiger partial charge in [-0.05, 0) is 49.4 Å². The number of hydrazine groups is 1. The van der Waals surface area contributed by atoms with Gasteiger partial charge in [0, 0.05) is 13.5 Å². The third-order valence-corrected chi connectivity index (χ3v) is 3.22. The molecule has 0 aliphatic heterocycles. The summed E-state index contributed by atoms with van der Waals surface area (Å²) in [4.78, 5) is 11.4. The summed E-state index contributed by atoms with van der Waals surface area (Å²) in [6.07, 6.45) is 1.22. The number of amides is 1. The van der Waals surface area contributed by atoms with Crippen molar-refractivity contribution in [2.75, 3.05) is 14.2 Å². The topological polar surface area (TPSA) is 50.4 Å². The average molecular weight is 250 g/mol. The number of nitrogens with one attached hydrogen (secondary N) is 2. The minimum Gasteiger partial charge on any atom is -0.496 e. The van der Waals surface area contributed by atoms with Crippen LogP contribution in [0.25, 0.3) is 0 Å². The van der Waals surface area contributed by atoms with Gasteiger partial charge >= 0.3 is 0 Å². The lowest BCUT2D eigenvalue weighted by Gasteiger charge is -2.15. The SMILES string of the molecule is CNNC(=O)CCc1cc(C)c(OC)c(C)c1C. The third kappa shape index (κ3) is 3.23. The van der Waals surface area contributed by atoms with Crippen molar-refractivity contribution in [2.45, 2.75) is 33.6 Å². The fourth-order valence-corrected chi connectivity index (χ4v) is 2.17. The standard InChI is InChI=1S/C14H22N2O2/c1-9-8-12(6-7-13(17)16-15-4)10(2)11(3)14(9)18-5/h8,15H,6-7H2,1-5H3,(H,16,17). The van der Waals surface area contributed by atoms with Crippen LogP contribution in [0, 0.1) is 20.8 Å².